The molecule has 0 aromatic rings. The zero-order valence-electron chi connectivity index (χ0n) is 7.64. The second-order valence-corrected chi connectivity index (χ2v) is 18.5. The molecular weight excluding hydrogens is 252 g/mol. The molecule has 0 N–H and O–H groups in total. The van der Waals surface area contributed by atoms with Gasteiger partial charge in [0.25, 0.3) is 0 Å². The van der Waals surface area contributed by atoms with Crippen LogP contribution in [0.2, 0.25) is 9.00 Å². The summed E-state index contributed by atoms with van der Waals surface area (Å²) in [5.74, 6) is 0. The molecule has 0 spiro atoms. The van der Waals surface area contributed by atoms with Gasteiger partial charge >= 0.3 is 85.5 Å². The van der Waals surface area contributed by atoms with Crippen LogP contribution in [0.5, 0.6) is 0 Å². The van der Waals surface area contributed by atoms with E-state index in [1.165, 1.54) is 0 Å². The molecule has 1 rings (SSSR count). The first-order valence-corrected chi connectivity index (χ1v) is 11.9. The van der Waals surface area contributed by atoms with Gasteiger partial charge in [0, 0.05) is 0 Å². The van der Waals surface area contributed by atoms with Crippen LogP contribution in [-0.4, -0.2) is 11.4 Å². The molecular formula is C9H14Cl2Ge. The molecule has 0 fully saturated rings. The summed E-state index contributed by atoms with van der Waals surface area (Å²) in [4.78, 5) is 0. The summed E-state index contributed by atoms with van der Waals surface area (Å²) in [6.45, 7) is 6.40. The molecule has 0 nitrogen and oxygen atoms in total. The molecule has 0 unspecified atom stereocenters. The van der Waals surface area contributed by atoms with Gasteiger partial charge < -0.3 is 0 Å². The number of halogens is 2. The summed E-state index contributed by atoms with van der Waals surface area (Å²) in [5, 5.41) is 0. The first kappa shape index (κ1) is 10.7. The molecule has 0 saturated carbocycles. The number of rotatable bonds is 1. The molecule has 0 aromatic carbocycles. The average Bonchev–Trinajstić information content (AvgIpc) is 2.34. The van der Waals surface area contributed by atoms with Crippen LogP contribution in [0, 0.1) is 0 Å². The van der Waals surface area contributed by atoms with Gasteiger partial charge in [-0.15, -0.1) is 0 Å². The van der Waals surface area contributed by atoms with Crippen molar-refractivity contribution in [2.75, 3.05) is 0 Å². The van der Waals surface area contributed by atoms with Gasteiger partial charge in [-0.3, -0.25) is 0 Å². The van der Waals surface area contributed by atoms with Crippen LogP contribution in [0.3, 0.4) is 0 Å². The summed E-state index contributed by atoms with van der Waals surface area (Å²) < 4.78 is 0.403. The molecule has 0 aliphatic heterocycles. The van der Waals surface area contributed by atoms with Gasteiger partial charge in [-0.05, 0) is 0 Å². The minimum atomic E-state index is -2.72. The quantitative estimate of drug-likeness (QED) is 0.623. The van der Waals surface area contributed by atoms with Crippen molar-refractivity contribution in [3.63, 3.8) is 0 Å². The second-order valence-electron chi connectivity index (χ2n) is 4.17. The van der Waals surface area contributed by atoms with Crippen LogP contribution in [0.1, 0.15) is 20.8 Å². The molecule has 0 saturated heterocycles. The molecule has 0 bridgehead atoms. The Balaban J connectivity index is 2.85. The van der Waals surface area contributed by atoms with E-state index in [0.29, 0.717) is 4.75 Å². The molecule has 1 aliphatic carbocycles. The zero-order chi connectivity index (χ0) is 9.41. The van der Waals surface area contributed by atoms with Gasteiger partial charge in [0.05, 0.1) is 0 Å². The van der Waals surface area contributed by atoms with Gasteiger partial charge in [0.15, 0.2) is 0 Å². The monoisotopic (exact) mass is 266 g/mol. The molecule has 0 heterocycles. The Labute approximate surface area is 85.4 Å². The first-order valence-electron chi connectivity index (χ1n) is 4.08. The van der Waals surface area contributed by atoms with Crippen LogP contribution in [-0.2, 0) is 0 Å². The van der Waals surface area contributed by atoms with E-state index in [2.05, 4.69) is 32.9 Å². The Morgan fingerprint density at radius 3 is 1.83 bits per heavy atom. The zero-order valence-corrected chi connectivity index (χ0v) is 11.3. The number of allylic oxidation sites excluding steroid dienone is 4. The van der Waals surface area contributed by atoms with Crippen molar-refractivity contribution in [2.45, 2.75) is 29.8 Å². The molecule has 1 aliphatic rings. The van der Waals surface area contributed by atoms with Crippen molar-refractivity contribution in [1.29, 1.82) is 0 Å². The molecule has 0 radical (unpaired) electrons. The second kappa shape index (κ2) is 3.39. The Kier molecular flexibility index (Phi) is 3.02. The summed E-state index contributed by atoms with van der Waals surface area (Å²) in [6.07, 6.45) is 8.29. The van der Waals surface area contributed by atoms with E-state index in [4.69, 9.17) is 20.0 Å². The third-order valence-electron chi connectivity index (χ3n) is 2.17. The van der Waals surface area contributed by atoms with Gasteiger partial charge in [-0.1, -0.05) is 0 Å². The predicted octanol–water partition coefficient (Wildman–Crippen LogP) is 4.20. The Bertz CT molecular complexity index is 211. The maximum absolute atomic E-state index is 6.47. The van der Waals surface area contributed by atoms with Gasteiger partial charge in [0.1, 0.15) is 0 Å². The fraction of sp³-hybridized carbons (Fsp3) is 0.556. The molecule has 0 amide bonds. The van der Waals surface area contributed by atoms with E-state index < -0.39 is 11.4 Å². The van der Waals surface area contributed by atoms with Crippen molar-refractivity contribution in [2.24, 2.45) is 0 Å². The van der Waals surface area contributed by atoms with E-state index in [0.717, 1.165) is 0 Å². The van der Waals surface area contributed by atoms with E-state index in [1.54, 1.807) is 0 Å². The van der Waals surface area contributed by atoms with Crippen molar-refractivity contribution < 1.29 is 0 Å². The average molecular weight is 266 g/mol. The van der Waals surface area contributed by atoms with Crippen LogP contribution in [0.25, 0.3) is 0 Å². The van der Waals surface area contributed by atoms with E-state index in [9.17, 15) is 0 Å². The minimum absolute atomic E-state index is 0.0762. The van der Waals surface area contributed by atoms with Crippen molar-refractivity contribution >= 4 is 31.4 Å². The predicted molar refractivity (Wildman–Crippen MR) is 59.2 cm³/mol. The standard InChI is InChI=1S/C9H14Cl2Ge/c1-9(2,3)12(10,11)8-6-4-5-7-8/h4-8H,1-3H3. The van der Waals surface area contributed by atoms with Gasteiger partial charge in [-0.2, -0.15) is 0 Å². The van der Waals surface area contributed by atoms with Gasteiger partial charge in [0.2, 0.25) is 0 Å². The Hall–Kier alpha value is 0.603. The first-order chi connectivity index (χ1) is 5.36. The van der Waals surface area contributed by atoms with E-state index >= 15 is 0 Å². The Morgan fingerprint density at radius 1 is 1.08 bits per heavy atom. The molecule has 68 valence electrons. The fourth-order valence-electron chi connectivity index (χ4n) is 1.17. The third-order valence-corrected chi connectivity index (χ3v) is 17.4. The number of hydrogen-bond acceptors (Lipinski definition) is 0. The van der Waals surface area contributed by atoms with Crippen molar-refractivity contribution in [1.82, 2.24) is 0 Å². The summed E-state index contributed by atoms with van der Waals surface area (Å²) in [6, 6.07) is 0. The van der Waals surface area contributed by atoms with Crippen LogP contribution in [0.15, 0.2) is 24.3 Å². The normalized spacial score (nSPS) is 19.1. The van der Waals surface area contributed by atoms with Gasteiger partial charge in [-0.25, -0.2) is 0 Å². The van der Waals surface area contributed by atoms with Crippen molar-refractivity contribution in [3.05, 3.63) is 24.3 Å². The summed E-state index contributed by atoms with van der Waals surface area (Å²) in [7, 11) is 12.9. The van der Waals surface area contributed by atoms with Crippen molar-refractivity contribution in [3.8, 4) is 0 Å². The number of hydrogen-bond donors (Lipinski definition) is 0. The molecule has 3 heteroatoms. The maximum atomic E-state index is 6.47. The van der Waals surface area contributed by atoms with Crippen LogP contribution in [0.4, 0.5) is 0 Å². The van der Waals surface area contributed by atoms with E-state index in [1.807, 2.05) is 12.2 Å². The molecule has 0 aromatic heterocycles. The van der Waals surface area contributed by atoms with Crippen LogP contribution >= 0.6 is 20.0 Å². The fourth-order valence-corrected chi connectivity index (χ4v) is 6.26. The molecule has 12 heavy (non-hydrogen) atoms. The summed E-state index contributed by atoms with van der Waals surface area (Å²) in [5.41, 5.74) is 0. The van der Waals surface area contributed by atoms with Crippen LogP contribution < -0.4 is 0 Å². The van der Waals surface area contributed by atoms with E-state index in [-0.39, 0.29) is 4.25 Å². The topological polar surface area (TPSA) is 0 Å². The molecule has 0 atom stereocenters. The Morgan fingerprint density at radius 2 is 1.50 bits per heavy atom. The third kappa shape index (κ3) is 1.91. The SMILES string of the molecule is C[C](C)(C)[Ge]([Cl])([Cl])[CH]1C=CC=C1. The summed E-state index contributed by atoms with van der Waals surface area (Å²) >= 11 is -2.72.